The summed E-state index contributed by atoms with van der Waals surface area (Å²) in [6.45, 7) is 0.721. The monoisotopic (exact) mass is 272 g/mol. The smallest absolute Gasteiger partial charge is 0.198 e. The standard InChI is InChI=1S/C16H16O4/c1-2-6-13(7-3-1)11-17-15-9-5-4-8-14(15)10-16-18-12-19-20-16/h1-9,16H,10-12H2. The van der Waals surface area contributed by atoms with Crippen LogP contribution in [0, 0.1) is 0 Å². The topological polar surface area (TPSA) is 36.9 Å². The molecule has 0 amide bonds. The summed E-state index contributed by atoms with van der Waals surface area (Å²) in [4.78, 5) is 9.73. The van der Waals surface area contributed by atoms with Crippen LogP contribution < -0.4 is 4.74 Å². The zero-order valence-corrected chi connectivity index (χ0v) is 11.0. The molecule has 1 heterocycles. The minimum absolute atomic E-state index is 0.178. The molecule has 1 aliphatic heterocycles. The van der Waals surface area contributed by atoms with E-state index in [0.717, 1.165) is 16.9 Å². The summed E-state index contributed by atoms with van der Waals surface area (Å²) in [6.07, 6.45) is 0.238. The number of hydrogen-bond acceptors (Lipinski definition) is 4. The number of hydrogen-bond donors (Lipinski definition) is 0. The molecule has 0 bridgehead atoms. The van der Waals surface area contributed by atoms with Crippen molar-refractivity contribution in [3.63, 3.8) is 0 Å². The summed E-state index contributed by atoms with van der Waals surface area (Å²) in [5.41, 5.74) is 2.18. The molecule has 3 rings (SSSR count). The molecule has 20 heavy (non-hydrogen) atoms. The summed E-state index contributed by atoms with van der Waals surface area (Å²) < 4.78 is 11.2. The third-order valence-electron chi connectivity index (χ3n) is 3.07. The Morgan fingerprint density at radius 3 is 2.60 bits per heavy atom. The normalized spacial score (nSPS) is 18.1. The molecular weight excluding hydrogens is 256 g/mol. The van der Waals surface area contributed by atoms with Gasteiger partial charge in [-0.25, -0.2) is 9.78 Å². The van der Waals surface area contributed by atoms with Gasteiger partial charge in [-0.3, -0.25) is 0 Å². The molecule has 1 saturated heterocycles. The molecule has 4 nitrogen and oxygen atoms in total. The zero-order chi connectivity index (χ0) is 13.6. The average molecular weight is 272 g/mol. The molecule has 0 spiro atoms. The van der Waals surface area contributed by atoms with Crippen LogP contribution in [0.1, 0.15) is 11.1 Å². The third kappa shape index (κ3) is 3.36. The van der Waals surface area contributed by atoms with Crippen molar-refractivity contribution in [1.29, 1.82) is 0 Å². The van der Waals surface area contributed by atoms with Crippen LogP contribution in [0.25, 0.3) is 0 Å². The van der Waals surface area contributed by atoms with E-state index in [2.05, 4.69) is 0 Å². The van der Waals surface area contributed by atoms with Gasteiger partial charge in [-0.15, -0.1) is 0 Å². The summed E-state index contributed by atoms with van der Waals surface area (Å²) in [7, 11) is 0. The number of rotatable bonds is 5. The maximum Gasteiger partial charge on any atom is 0.198 e. The van der Waals surface area contributed by atoms with E-state index in [4.69, 9.17) is 19.2 Å². The molecule has 0 aliphatic carbocycles. The lowest BCUT2D eigenvalue weighted by Crippen LogP contribution is -2.12. The van der Waals surface area contributed by atoms with Crippen molar-refractivity contribution in [3.05, 3.63) is 65.7 Å². The Hall–Kier alpha value is -1.88. The highest BCUT2D eigenvalue weighted by Gasteiger charge is 2.19. The van der Waals surface area contributed by atoms with Gasteiger partial charge < -0.3 is 9.47 Å². The molecule has 1 atom stereocenters. The highest BCUT2D eigenvalue weighted by atomic mass is 17.3. The van der Waals surface area contributed by atoms with Crippen LogP contribution in [0.2, 0.25) is 0 Å². The average Bonchev–Trinajstić information content (AvgIpc) is 3.00. The van der Waals surface area contributed by atoms with Gasteiger partial charge in [0.1, 0.15) is 12.4 Å². The first-order valence-electron chi connectivity index (χ1n) is 6.56. The van der Waals surface area contributed by atoms with Gasteiger partial charge in [0.25, 0.3) is 0 Å². The van der Waals surface area contributed by atoms with E-state index >= 15 is 0 Å². The van der Waals surface area contributed by atoms with E-state index in [-0.39, 0.29) is 13.1 Å². The van der Waals surface area contributed by atoms with Crippen LogP contribution >= 0.6 is 0 Å². The molecule has 0 N–H and O–H groups in total. The van der Waals surface area contributed by atoms with E-state index in [1.165, 1.54) is 0 Å². The van der Waals surface area contributed by atoms with Gasteiger partial charge in [0.15, 0.2) is 13.1 Å². The Bertz CT molecular complexity index is 535. The molecule has 0 saturated carbocycles. The SMILES string of the molecule is c1ccc(COc2ccccc2CC2OCOO2)cc1. The van der Waals surface area contributed by atoms with Crippen molar-refractivity contribution in [2.75, 3.05) is 6.79 Å². The fourth-order valence-electron chi connectivity index (χ4n) is 2.06. The van der Waals surface area contributed by atoms with Crippen molar-refractivity contribution in [2.45, 2.75) is 19.3 Å². The second-order valence-corrected chi connectivity index (χ2v) is 4.51. The maximum absolute atomic E-state index is 5.88. The number of ether oxygens (including phenoxy) is 2. The van der Waals surface area contributed by atoms with E-state index in [1.807, 2.05) is 54.6 Å². The fourth-order valence-corrected chi connectivity index (χ4v) is 2.06. The fraction of sp³-hybridized carbons (Fsp3) is 0.250. The number of benzene rings is 2. The first-order valence-corrected chi connectivity index (χ1v) is 6.56. The Kier molecular flexibility index (Phi) is 4.28. The van der Waals surface area contributed by atoms with Gasteiger partial charge in [-0.1, -0.05) is 48.5 Å². The molecule has 1 aliphatic rings. The van der Waals surface area contributed by atoms with E-state index < -0.39 is 0 Å². The Morgan fingerprint density at radius 1 is 1.00 bits per heavy atom. The molecule has 2 aromatic rings. The Labute approximate surface area is 117 Å². The second-order valence-electron chi connectivity index (χ2n) is 4.51. The van der Waals surface area contributed by atoms with E-state index in [0.29, 0.717) is 13.0 Å². The van der Waals surface area contributed by atoms with Crippen LogP contribution in [-0.4, -0.2) is 13.1 Å². The van der Waals surface area contributed by atoms with Gasteiger partial charge in [0.2, 0.25) is 0 Å². The van der Waals surface area contributed by atoms with Crippen molar-refractivity contribution < 1.29 is 19.2 Å². The Morgan fingerprint density at radius 2 is 1.80 bits per heavy atom. The molecule has 1 unspecified atom stereocenters. The number of para-hydroxylation sites is 1. The lowest BCUT2D eigenvalue weighted by atomic mass is 10.1. The lowest BCUT2D eigenvalue weighted by molar-refractivity contribution is -0.276. The molecule has 1 fully saturated rings. The van der Waals surface area contributed by atoms with E-state index in [1.54, 1.807) is 0 Å². The zero-order valence-electron chi connectivity index (χ0n) is 11.0. The molecular formula is C16H16O4. The minimum atomic E-state index is -0.364. The minimum Gasteiger partial charge on any atom is -0.489 e. The second kappa shape index (κ2) is 6.52. The summed E-state index contributed by atoms with van der Waals surface area (Å²) in [5.74, 6) is 0.843. The molecule has 2 aromatic carbocycles. The third-order valence-corrected chi connectivity index (χ3v) is 3.07. The summed E-state index contributed by atoms with van der Waals surface area (Å²) in [6, 6.07) is 18.0. The van der Waals surface area contributed by atoms with Gasteiger partial charge in [0, 0.05) is 6.42 Å². The predicted octanol–water partition coefficient (Wildman–Crippen LogP) is 3.07. The maximum atomic E-state index is 5.88. The van der Waals surface area contributed by atoms with Gasteiger partial charge in [0.05, 0.1) is 0 Å². The first-order chi connectivity index (χ1) is 9.92. The highest BCUT2D eigenvalue weighted by molar-refractivity contribution is 5.34. The molecule has 0 aromatic heterocycles. The first kappa shape index (κ1) is 13.1. The molecule has 0 radical (unpaired) electrons. The van der Waals surface area contributed by atoms with Crippen molar-refractivity contribution in [1.82, 2.24) is 0 Å². The van der Waals surface area contributed by atoms with Gasteiger partial charge in [-0.05, 0) is 17.2 Å². The van der Waals surface area contributed by atoms with Crippen molar-refractivity contribution >= 4 is 0 Å². The molecule has 104 valence electrons. The highest BCUT2D eigenvalue weighted by Crippen LogP contribution is 2.23. The van der Waals surface area contributed by atoms with Gasteiger partial charge >= 0.3 is 0 Å². The van der Waals surface area contributed by atoms with Crippen LogP contribution in [0.4, 0.5) is 0 Å². The van der Waals surface area contributed by atoms with Crippen LogP contribution in [-0.2, 0) is 27.5 Å². The predicted molar refractivity (Wildman–Crippen MR) is 72.8 cm³/mol. The largest absolute Gasteiger partial charge is 0.489 e. The van der Waals surface area contributed by atoms with Crippen molar-refractivity contribution in [2.24, 2.45) is 0 Å². The van der Waals surface area contributed by atoms with Crippen molar-refractivity contribution in [3.8, 4) is 5.75 Å². The van der Waals surface area contributed by atoms with E-state index in [9.17, 15) is 0 Å². The van der Waals surface area contributed by atoms with Crippen LogP contribution in [0.15, 0.2) is 54.6 Å². The summed E-state index contributed by atoms with van der Waals surface area (Å²) in [5, 5.41) is 0. The lowest BCUT2D eigenvalue weighted by Gasteiger charge is -2.13. The quantitative estimate of drug-likeness (QED) is 0.784. The van der Waals surface area contributed by atoms with Crippen LogP contribution in [0.5, 0.6) is 5.75 Å². The van der Waals surface area contributed by atoms with Crippen LogP contribution in [0.3, 0.4) is 0 Å². The summed E-state index contributed by atoms with van der Waals surface area (Å²) >= 11 is 0. The molecule has 4 heteroatoms. The van der Waals surface area contributed by atoms with Gasteiger partial charge in [-0.2, -0.15) is 0 Å². The Balaban J connectivity index is 1.66.